The minimum absolute atomic E-state index is 0.0525. The van der Waals surface area contributed by atoms with Gasteiger partial charge >= 0.3 is 109 Å². The molecule has 17 heavy (non-hydrogen) atoms. The van der Waals surface area contributed by atoms with Crippen LogP contribution in [0, 0.1) is 16.7 Å². The van der Waals surface area contributed by atoms with E-state index in [0.29, 0.717) is 6.42 Å². The van der Waals surface area contributed by atoms with Crippen molar-refractivity contribution >= 4 is 25.2 Å². The molecule has 0 N–H and O–H groups in total. The van der Waals surface area contributed by atoms with Crippen LogP contribution in [-0.2, 0) is 4.79 Å². The molecule has 0 saturated carbocycles. The molecule has 0 radical (unpaired) electrons. The minimum atomic E-state index is -0.345. The molecule has 0 fully saturated rings. The molecule has 0 aliphatic heterocycles. The first kappa shape index (κ1) is 14.0. The zero-order chi connectivity index (χ0) is 12.9. The van der Waals surface area contributed by atoms with Crippen LogP contribution in [0.1, 0.15) is 27.2 Å². The first-order valence-corrected chi connectivity index (χ1v) is 7.42. The van der Waals surface area contributed by atoms with Crippen LogP contribution in [0.25, 0.3) is 0 Å². The number of nitrogens with zero attached hydrogens (tertiary/aromatic N) is 1. The maximum absolute atomic E-state index is 11.9. The Hall–Kier alpha value is -1.10. The van der Waals surface area contributed by atoms with Gasteiger partial charge in [-0.25, -0.2) is 0 Å². The van der Waals surface area contributed by atoms with Gasteiger partial charge in [-0.15, -0.1) is 0 Å². The summed E-state index contributed by atoms with van der Waals surface area (Å²) in [4.78, 5) is 11.7. The Bertz CT molecular complexity index is 414. The first-order chi connectivity index (χ1) is 7.93. The van der Waals surface area contributed by atoms with E-state index in [1.165, 1.54) is 4.46 Å². The van der Waals surface area contributed by atoms with Gasteiger partial charge in [0.05, 0.1) is 0 Å². The van der Waals surface area contributed by atoms with E-state index in [0.717, 1.165) is 0 Å². The zero-order valence-electron chi connectivity index (χ0n) is 10.4. The Labute approximate surface area is 109 Å². The molecule has 1 unspecified atom stereocenters. The van der Waals surface area contributed by atoms with Crippen molar-refractivity contribution in [2.75, 3.05) is 0 Å². The second-order valence-corrected chi connectivity index (χ2v) is 7.60. The van der Waals surface area contributed by atoms with Gasteiger partial charge in [0.25, 0.3) is 0 Å². The molecule has 0 amide bonds. The Morgan fingerprint density at radius 2 is 1.94 bits per heavy atom. The van der Waals surface area contributed by atoms with E-state index in [2.05, 4.69) is 6.07 Å². The topological polar surface area (TPSA) is 40.9 Å². The molecule has 0 bridgehead atoms. The van der Waals surface area contributed by atoms with Gasteiger partial charge < -0.3 is 0 Å². The second kappa shape index (κ2) is 6.00. The van der Waals surface area contributed by atoms with Crippen molar-refractivity contribution in [3.8, 4) is 6.07 Å². The van der Waals surface area contributed by atoms with Crippen molar-refractivity contribution in [2.24, 2.45) is 5.41 Å². The van der Waals surface area contributed by atoms with Crippen LogP contribution in [0.3, 0.4) is 0 Å². The van der Waals surface area contributed by atoms with Gasteiger partial charge in [0.2, 0.25) is 0 Å². The molecule has 0 spiro atoms. The molecule has 1 aromatic rings. The fourth-order valence-corrected chi connectivity index (χ4v) is 3.20. The molecule has 0 heterocycles. The number of Topliss-reactive ketones (excluding diaryl/α,β-unsaturated/α-hetero) is 1. The van der Waals surface area contributed by atoms with Crippen LogP contribution < -0.4 is 4.46 Å². The SMILES string of the molecule is CC(C)(C)C(=O)CC(C#N)[Se]c1ccccc1. The summed E-state index contributed by atoms with van der Waals surface area (Å²) in [6.45, 7) is 5.71. The summed E-state index contributed by atoms with van der Waals surface area (Å²) < 4.78 is 1.17. The third kappa shape index (κ3) is 4.73. The van der Waals surface area contributed by atoms with E-state index in [1.54, 1.807) is 0 Å². The molecular weight excluding hydrogens is 277 g/mol. The van der Waals surface area contributed by atoms with Crippen molar-refractivity contribution in [3.05, 3.63) is 30.3 Å². The standard InChI is InChI=1S/C14H17NOSe/c1-14(2,3)13(16)9-12(10-15)17-11-7-5-4-6-8-11/h4-8,12H,9H2,1-3H3. The number of carbonyl (C=O) groups excluding carboxylic acids is 1. The van der Waals surface area contributed by atoms with Crippen molar-refractivity contribution in [2.45, 2.75) is 32.0 Å². The molecule has 1 rings (SSSR count). The summed E-state index contributed by atoms with van der Waals surface area (Å²) in [5.41, 5.74) is -0.345. The van der Waals surface area contributed by atoms with Crippen LogP contribution in [0.2, 0.25) is 4.82 Å². The molecule has 1 aromatic carbocycles. The van der Waals surface area contributed by atoms with Gasteiger partial charge in [-0.2, -0.15) is 0 Å². The molecule has 2 nitrogen and oxygen atoms in total. The van der Waals surface area contributed by atoms with Crippen LogP contribution in [-0.4, -0.2) is 20.7 Å². The van der Waals surface area contributed by atoms with Gasteiger partial charge in [-0.1, -0.05) is 0 Å². The summed E-state index contributed by atoms with van der Waals surface area (Å²) in [7, 11) is 0. The zero-order valence-corrected chi connectivity index (χ0v) is 12.1. The Kier molecular flexibility index (Phi) is 4.93. The molecule has 0 aliphatic rings. The number of hydrogen-bond acceptors (Lipinski definition) is 2. The molecule has 90 valence electrons. The van der Waals surface area contributed by atoms with Crippen LogP contribution in [0.5, 0.6) is 0 Å². The fraction of sp³-hybridized carbons (Fsp3) is 0.429. The van der Waals surface area contributed by atoms with Gasteiger partial charge in [0, 0.05) is 0 Å². The van der Waals surface area contributed by atoms with E-state index < -0.39 is 0 Å². The predicted molar refractivity (Wildman–Crippen MR) is 70.3 cm³/mol. The van der Waals surface area contributed by atoms with E-state index in [9.17, 15) is 4.79 Å². The summed E-state index contributed by atoms with van der Waals surface area (Å²) in [6.07, 6.45) is 0.370. The summed E-state index contributed by atoms with van der Waals surface area (Å²) >= 11 is 0.0525. The second-order valence-electron chi connectivity index (χ2n) is 4.93. The van der Waals surface area contributed by atoms with Crippen molar-refractivity contribution in [1.82, 2.24) is 0 Å². The Morgan fingerprint density at radius 1 is 1.35 bits per heavy atom. The number of nitriles is 1. The average molecular weight is 294 g/mol. The van der Waals surface area contributed by atoms with Gasteiger partial charge in [-0.3, -0.25) is 0 Å². The molecule has 1 atom stereocenters. The predicted octanol–water partition coefficient (Wildman–Crippen LogP) is 2.33. The van der Waals surface area contributed by atoms with E-state index >= 15 is 0 Å². The van der Waals surface area contributed by atoms with E-state index in [-0.39, 0.29) is 31.0 Å². The molecule has 0 aromatic heterocycles. The van der Waals surface area contributed by atoms with Gasteiger partial charge in [-0.05, 0) is 0 Å². The molecule has 0 aliphatic carbocycles. The average Bonchev–Trinajstić information content (AvgIpc) is 2.28. The van der Waals surface area contributed by atoms with Gasteiger partial charge in [0.1, 0.15) is 0 Å². The third-order valence-corrected chi connectivity index (χ3v) is 4.68. The Morgan fingerprint density at radius 3 is 2.41 bits per heavy atom. The monoisotopic (exact) mass is 295 g/mol. The number of hydrogen-bond donors (Lipinski definition) is 0. The van der Waals surface area contributed by atoms with Crippen LogP contribution >= 0.6 is 0 Å². The van der Waals surface area contributed by atoms with E-state index in [1.807, 2.05) is 51.1 Å². The molecule has 0 saturated heterocycles. The normalized spacial score (nSPS) is 12.8. The van der Waals surface area contributed by atoms with Crippen molar-refractivity contribution < 1.29 is 4.79 Å². The third-order valence-electron chi connectivity index (χ3n) is 2.37. The summed E-state index contributed by atoms with van der Waals surface area (Å²) in [6, 6.07) is 12.2. The van der Waals surface area contributed by atoms with Crippen molar-refractivity contribution in [3.63, 3.8) is 0 Å². The van der Waals surface area contributed by atoms with Crippen molar-refractivity contribution in [1.29, 1.82) is 5.26 Å². The molecule has 3 heteroatoms. The Balaban J connectivity index is 2.63. The van der Waals surface area contributed by atoms with Gasteiger partial charge in [0.15, 0.2) is 0 Å². The fourth-order valence-electron chi connectivity index (χ4n) is 1.25. The summed E-state index contributed by atoms with van der Waals surface area (Å²) in [5, 5.41) is 9.12. The first-order valence-electron chi connectivity index (χ1n) is 5.58. The summed E-state index contributed by atoms with van der Waals surface area (Å²) in [5.74, 6) is 0.168. The van der Waals surface area contributed by atoms with Crippen LogP contribution in [0.15, 0.2) is 30.3 Å². The quantitative estimate of drug-likeness (QED) is 0.800. The molecular formula is C14H17NOSe. The number of ketones is 1. The number of benzene rings is 1. The van der Waals surface area contributed by atoms with Crippen LogP contribution in [0.4, 0.5) is 0 Å². The van der Waals surface area contributed by atoms with E-state index in [4.69, 9.17) is 5.26 Å². The maximum atomic E-state index is 11.9. The number of carbonyl (C=O) groups is 1. The number of rotatable bonds is 4.